The summed E-state index contributed by atoms with van der Waals surface area (Å²) in [5.41, 5.74) is 13.2. The molecule has 1 aromatic rings. The average Bonchev–Trinajstić information content (AvgIpc) is 2.58. The van der Waals surface area contributed by atoms with Gasteiger partial charge < -0.3 is 16.3 Å². The summed E-state index contributed by atoms with van der Waals surface area (Å²) in [6.45, 7) is 7.11. The minimum atomic E-state index is -0.709. The molecule has 1 saturated carbocycles. The standard InChI is InChI=1S/C10H20.C9H12N2O.ClH.Ru/c1-8(2)10-6-4-9(3)5-7-10;10-8(9(11)12)6-7-4-2-1-3-5-7;;/h8-10H,4-7H2,1-3H3;1-5,8H,6,10H2,(H2,11,12);1H;/q;;;+2/p-2/t;8-;;/m.0../s1. The summed E-state index contributed by atoms with van der Waals surface area (Å²) in [6.07, 6.45) is 6.37. The van der Waals surface area contributed by atoms with Crippen molar-refractivity contribution < 1.29 is 22.1 Å². The van der Waals surface area contributed by atoms with Crippen LogP contribution in [0.2, 0.25) is 0 Å². The van der Waals surface area contributed by atoms with Crippen LogP contribution in [0.5, 0.6) is 0 Å². The van der Waals surface area contributed by atoms with Crippen LogP contribution in [0.25, 0.3) is 5.73 Å². The molecule has 3 nitrogen and oxygen atoms in total. The van der Waals surface area contributed by atoms with Gasteiger partial charge in [0.05, 0.1) is 5.91 Å². The number of rotatable bonds is 4. The zero-order chi connectivity index (χ0) is 18.5. The number of benzene rings is 1. The Morgan fingerprint density at radius 3 is 2.12 bits per heavy atom. The van der Waals surface area contributed by atoms with Crippen LogP contribution in [0.4, 0.5) is 0 Å². The molecule has 24 heavy (non-hydrogen) atoms. The van der Waals surface area contributed by atoms with Gasteiger partial charge in [-0.2, -0.15) is 0 Å². The van der Waals surface area contributed by atoms with Crippen molar-refractivity contribution in [1.82, 2.24) is 0 Å². The van der Waals surface area contributed by atoms with Crippen molar-refractivity contribution >= 4 is 15.6 Å². The van der Waals surface area contributed by atoms with E-state index in [0.717, 1.165) is 23.3 Å². The Morgan fingerprint density at radius 2 is 1.71 bits per heavy atom. The van der Waals surface area contributed by atoms with Gasteiger partial charge >= 0.3 is 27.0 Å². The monoisotopic (exact) mass is 440 g/mol. The van der Waals surface area contributed by atoms with Crippen molar-refractivity contribution in [1.29, 1.82) is 0 Å². The van der Waals surface area contributed by atoms with Crippen molar-refractivity contribution in [2.45, 2.75) is 58.9 Å². The number of halogens is 1. The third-order valence-corrected chi connectivity index (χ3v) is 4.64. The molecule has 0 radical (unpaired) electrons. The second-order valence-electron chi connectivity index (χ2n) is 6.92. The van der Waals surface area contributed by atoms with Crippen LogP contribution in [0.1, 0.15) is 52.0 Å². The van der Waals surface area contributed by atoms with E-state index in [4.69, 9.17) is 11.5 Å². The summed E-state index contributed by atoms with van der Waals surface area (Å²) in [4.78, 5) is 10.5. The molecule has 0 saturated heterocycles. The fraction of sp³-hybridized carbons (Fsp3) is 0.632. The molecule has 1 aliphatic carbocycles. The smallest absolute Gasteiger partial charge is 0.0661 e. The van der Waals surface area contributed by atoms with Crippen LogP contribution in [0, 0.1) is 17.8 Å². The molecule has 2 rings (SSSR count). The van der Waals surface area contributed by atoms with Gasteiger partial charge in [0.2, 0.25) is 0 Å². The Kier molecular flexibility index (Phi) is 13.6. The molecule has 3 N–H and O–H groups in total. The summed E-state index contributed by atoms with van der Waals surface area (Å²) in [6, 6.07) is 8.77. The number of carbonyl (C=O) groups is 1. The minimum Gasteiger partial charge on any atom is -0.666 e. The zero-order valence-electron chi connectivity index (χ0n) is 14.9. The maximum absolute atomic E-state index is 10.5. The van der Waals surface area contributed by atoms with Crippen LogP contribution in [-0.4, -0.2) is 11.9 Å². The minimum absolute atomic E-state index is 0.448. The van der Waals surface area contributed by atoms with E-state index in [1.165, 1.54) is 25.7 Å². The number of nitrogens with one attached hydrogen (secondary N) is 1. The zero-order valence-corrected chi connectivity index (χ0v) is 17.4. The van der Waals surface area contributed by atoms with Crippen molar-refractivity contribution in [2.75, 3.05) is 0 Å². The fourth-order valence-corrected chi connectivity index (χ4v) is 2.91. The van der Waals surface area contributed by atoms with Crippen LogP contribution < -0.4 is 5.73 Å². The van der Waals surface area contributed by atoms with E-state index in [1.807, 2.05) is 47.6 Å². The molecule has 1 fully saturated rings. The average molecular weight is 440 g/mol. The quantitative estimate of drug-likeness (QED) is 0.647. The molecule has 0 spiro atoms. The van der Waals surface area contributed by atoms with Gasteiger partial charge in [0.15, 0.2) is 0 Å². The molecular weight excluding hydrogens is 409 g/mol. The molecule has 0 aromatic heterocycles. The Balaban J connectivity index is 0.000000405. The number of nitrogens with two attached hydrogens (primary N) is 1. The fourth-order valence-electron chi connectivity index (χ4n) is 2.91. The molecular formula is C19H31ClN2ORu. The van der Waals surface area contributed by atoms with Gasteiger partial charge in [0.1, 0.15) is 0 Å². The first-order valence-corrected chi connectivity index (χ1v) is 10.8. The number of hydrogen-bond donors (Lipinski definition) is 1. The van der Waals surface area contributed by atoms with Gasteiger partial charge in [-0.05, 0) is 42.6 Å². The predicted octanol–water partition coefficient (Wildman–Crippen LogP) is 5.29. The van der Waals surface area contributed by atoms with Gasteiger partial charge in [0.25, 0.3) is 0 Å². The van der Waals surface area contributed by atoms with Crippen molar-refractivity contribution in [3.8, 4) is 0 Å². The van der Waals surface area contributed by atoms with Gasteiger partial charge in [-0.3, -0.25) is 0 Å². The van der Waals surface area contributed by atoms with Crippen LogP contribution >= 0.6 is 9.69 Å². The molecule has 1 aliphatic rings. The Bertz CT molecular complexity index is 434. The van der Waals surface area contributed by atoms with E-state index < -0.39 is 11.9 Å². The largest absolute Gasteiger partial charge is 0.666 e. The SMILES string of the molecule is CC1CCC(C(C)C)CC1.[Cl][Ru+].[NH-]C(=O)[C@@H](N)Cc1ccccc1. The first kappa shape index (κ1) is 23.6. The van der Waals surface area contributed by atoms with Crippen LogP contribution in [-0.2, 0) is 28.5 Å². The second-order valence-corrected chi connectivity index (χ2v) is 6.92. The Hall–Kier alpha value is -0.437. The first-order valence-electron chi connectivity index (χ1n) is 8.58. The molecule has 0 unspecified atom stereocenters. The van der Waals surface area contributed by atoms with Crippen molar-refractivity contribution in [2.24, 2.45) is 23.5 Å². The number of amides is 1. The van der Waals surface area contributed by atoms with E-state index in [9.17, 15) is 4.79 Å². The van der Waals surface area contributed by atoms with Crippen molar-refractivity contribution in [3.63, 3.8) is 0 Å². The van der Waals surface area contributed by atoms with E-state index in [1.54, 1.807) is 0 Å². The summed E-state index contributed by atoms with van der Waals surface area (Å²) in [5.74, 6) is 2.26. The second kappa shape index (κ2) is 13.8. The molecule has 138 valence electrons. The molecule has 0 bridgehead atoms. The number of hydrogen-bond acceptors (Lipinski definition) is 2. The summed E-state index contributed by atoms with van der Waals surface area (Å²) in [7, 11) is 4.57. The third kappa shape index (κ3) is 10.4. The summed E-state index contributed by atoms with van der Waals surface area (Å²) < 4.78 is 0. The van der Waals surface area contributed by atoms with Gasteiger partial charge in [-0.25, -0.2) is 0 Å². The molecule has 0 heterocycles. The summed E-state index contributed by atoms with van der Waals surface area (Å²) in [5, 5.41) is 0. The van der Waals surface area contributed by atoms with Crippen molar-refractivity contribution in [3.05, 3.63) is 41.6 Å². The van der Waals surface area contributed by atoms with E-state index in [2.05, 4.69) is 30.5 Å². The topological polar surface area (TPSA) is 66.9 Å². The normalized spacial score (nSPS) is 21.0. The molecule has 1 amide bonds. The molecule has 1 atom stereocenters. The van der Waals surface area contributed by atoms with Gasteiger partial charge in [-0.1, -0.05) is 63.9 Å². The van der Waals surface area contributed by atoms with Gasteiger partial charge in [0, 0.05) is 6.04 Å². The van der Waals surface area contributed by atoms with Crippen LogP contribution in [0.15, 0.2) is 30.3 Å². The van der Waals surface area contributed by atoms with Gasteiger partial charge in [-0.15, -0.1) is 0 Å². The van der Waals surface area contributed by atoms with Crippen LogP contribution in [0.3, 0.4) is 0 Å². The molecule has 1 aromatic carbocycles. The predicted molar refractivity (Wildman–Crippen MR) is 99.3 cm³/mol. The first-order chi connectivity index (χ1) is 11.4. The molecule has 0 aliphatic heterocycles. The van der Waals surface area contributed by atoms with E-state index in [0.29, 0.717) is 6.42 Å². The maximum Gasteiger partial charge on any atom is 0.0661 e. The number of carbonyl (C=O) groups excluding carboxylic acids is 1. The Morgan fingerprint density at radius 1 is 1.21 bits per heavy atom. The van der Waals surface area contributed by atoms with E-state index >= 15 is 0 Å². The summed E-state index contributed by atoms with van der Waals surface area (Å²) >= 11 is 1.82. The third-order valence-electron chi connectivity index (χ3n) is 4.64. The Labute approximate surface area is 161 Å². The van der Waals surface area contributed by atoms with E-state index in [-0.39, 0.29) is 0 Å². The molecule has 5 heteroatoms. The maximum atomic E-state index is 10.5.